The molecule has 0 spiro atoms. The Bertz CT molecular complexity index is 945. The molecular formula is C23H24N2O2. The summed E-state index contributed by atoms with van der Waals surface area (Å²) in [6.07, 6.45) is 1.93. The highest BCUT2D eigenvalue weighted by Gasteiger charge is 2.23. The van der Waals surface area contributed by atoms with Crippen molar-refractivity contribution >= 4 is 0 Å². The summed E-state index contributed by atoms with van der Waals surface area (Å²) in [5.74, 6) is 0. The molecule has 0 radical (unpaired) electrons. The van der Waals surface area contributed by atoms with Gasteiger partial charge in [-0.3, -0.25) is 4.79 Å². The summed E-state index contributed by atoms with van der Waals surface area (Å²) in [5.41, 5.74) is 4.68. The number of rotatable bonds is 4. The molecule has 0 amide bonds. The average molecular weight is 360 g/mol. The first kappa shape index (κ1) is 17.7. The van der Waals surface area contributed by atoms with Crippen molar-refractivity contribution in [2.75, 3.05) is 13.2 Å². The molecule has 1 N–H and O–H groups in total. The number of ether oxygens (including phenoxy) is 1. The van der Waals surface area contributed by atoms with E-state index in [0.29, 0.717) is 12.6 Å². The Morgan fingerprint density at radius 2 is 1.70 bits per heavy atom. The molecule has 2 heterocycles. The topological polar surface area (TPSA) is 43.3 Å². The minimum Gasteiger partial charge on any atom is -0.371 e. The van der Waals surface area contributed by atoms with E-state index >= 15 is 0 Å². The number of benzene rings is 2. The molecule has 1 aliphatic heterocycles. The average Bonchev–Trinajstić information content (AvgIpc) is 2.71. The smallest absolute Gasteiger partial charge is 0.250 e. The Morgan fingerprint density at radius 1 is 1.00 bits per heavy atom. The first-order chi connectivity index (χ1) is 13.2. The molecule has 1 aliphatic rings. The summed E-state index contributed by atoms with van der Waals surface area (Å²) >= 11 is 0. The molecule has 4 nitrogen and oxygen atoms in total. The van der Waals surface area contributed by atoms with Gasteiger partial charge in [0, 0.05) is 24.8 Å². The number of hydrogen-bond donors (Lipinski definition) is 1. The summed E-state index contributed by atoms with van der Waals surface area (Å²) in [6, 6.07) is 22.5. The number of aromatic nitrogens is 1. The monoisotopic (exact) mass is 360 g/mol. The minimum absolute atomic E-state index is 0.0193. The maximum Gasteiger partial charge on any atom is 0.250 e. The van der Waals surface area contributed by atoms with Crippen LogP contribution >= 0.6 is 0 Å². The molecular weight excluding hydrogens is 336 g/mol. The van der Waals surface area contributed by atoms with E-state index < -0.39 is 0 Å². The second-order valence-electron chi connectivity index (χ2n) is 7.02. The summed E-state index contributed by atoms with van der Waals surface area (Å²) in [7, 11) is 0. The minimum atomic E-state index is 0.0193. The van der Waals surface area contributed by atoms with Gasteiger partial charge < -0.3 is 14.6 Å². The van der Waals surface area contributed by atoms with Crippen molar-refractivity contribution < 1.29 is 4.74 Å². The molecule has 138 valence electrons. The molecule has 4 heteroatoms. The SMILES string of the molecule is C[C@@H]1NCCO[C@H]1c1ccc(-c2ccc(Cn3ccccc3=O)cc2)cc1. The number of pyridine rings is 1. The molecule has 27 heavy (non-hydrogen) atoms. The molecule has 1 aromatic heterocycles. The van der Waals surface area contributed by atoms with Gasteiger partial charge in [-0.15, -0.1) is 0 Å². The largest absolute Gasteiger partial charge is 0.371 e. The number of hydrogen-bond acceptors (Lipinski definition) is 3. The normalized spacial score (nSPS) is 19.7. The van der Waals surface area contributed by atoms with E-state index in [9.17, 15) is 4.79 Å². The molecule has 2 aromatic carbocycles. The lowest BCUT2D eigenvalue weighted by atomic mass is 9.98. The third-order valence-electron chi connectivity index (χ3n) is 5.10. The van der Waals surface area contributed by atoms with Gasteiger partial charge in [0.25, 0.3) is 5.56 Å². The van der Waals surface area contributed by atoms with Gasteiger partial charge in [-0.2, -0.15) is 0 Å². The van der Waals surface area contributed by atoms with Crippen LogP contribution in [-0.2, 0) is 11.3 Å². The van der Waals surface area contributed by atoms with E-state index in [1.807, 2.05) is 12.3 Å². The van der Waals surface area contributed by atoms with E-state index in [2.05, 4.69) is 60.8 Å². The lowest BCUT2D eigenvalue weighted by Crippen LogP contribution is -2.41. The third kappa shape index (κ3) is 4.02. The van der Waals surface area contributed by atoms with Crippen LogP contribution in [0.1, 0.15) is 24.2 Å². The number of nitrogens with zero attached hydrogens (tertiary/aromatic N) is 1. The van der Waals surface area contributed by atoms with Gasteiger partial charge in [0.05, 0.1) is 19.3 Å². The van der Waals surface area contributed by atoms with Crippen LogP contribution in [0.25, 0.3) is 11.1 Å². The van der Waals surface area contributed by atoms with Crippen molar-refractivity contribution in [2.45, 2.75) is 25.6 Å². The molecule has 0 saturated carbocycles. The maximum atomic E-state index is 11.8. The predicted octanol–water partition coefficient (Wildman–Crippen LogP) is 3.61. The van der Waals surface area contributed by atoms with Gasteiger partial charge in [-0.05, 0) is 35.2 Å². The lowest BCUT2D eigenvalue weighted by Gasteiger charge is -2.30. The van der Waals surface area contributed by atoms with Crippen LogP contribution in [0.5, 0.6) is 0 Å². The van der Waals surface area contributed by atoms with Gasteiger partial charge in [0.1, 0.15) is 0 Å². The molecule has 3 aromatic rings. The van der Waals surface area contributed by atoms with Crippen LogP contribution in [0.4, 0.5) is 0 Å². The van der Waals surface area contributed by atoms with Crippen LogP contribution in [0.3, 0.4) is 0 Å². The second-order valence-corrected chi connectivity index (χ2v) is 7.02. The first-order valence-corrected chi connectivity index (χ1v) is 9.40. The molecule has 2 atom stereocenters. The Hall–Kier alpha value is -2.69. The van der Waals surface area contributed by atoms with Gasteiger partial charge in [-0.25, -0.2) is 0 Å². The van der Waals surface area contributed by atoms with Crippen LogP contribution in [0.15, 0.2) is 77.7 Å². The first-order valence-electron chi connectivity index (χ1n) is 9.40. The fourth-order valence-corrected chi connectivity index (χ4v) is 3.56. The Balaban J connectivity index is 1.49. The quantitative estimate of drug-likeness (QED) is 0.773. The van der Waals surface area contributed by atoms with Crippen molar-refractivity contribution in [3.63, 3.8) is 0 Å². The molecule has 0 aliphatic carbocycles. The van der Waals surface area contributed by atoms with Crippen molar-refractivity contribution in [1.29, 1.82) is 0 Å². The molecule has 1 fully saturated rings. The van der Waals surface area contributed by atoms with E-state index in [4.69, 9.17) is 4.74 Å². The Kier molecular flexibility index (Phi) is 5.19. The highest BCUT2D eigenvalue weighted by molar-refractivity contribution is 5.64. The zero-order valence-electron chi connectivity index (χ0n) is 15.5. The Morgan fingerprint density at radius 3 is 2.37 bits per heavy atom. The summed E-state index contributed by atoms with van der Waals surface area (Å²) in [6.45, 7) is 4.41. The van der Waals surface area contributed by atoms with Crippen molar-refractivity contribution in [1.82, 2.24) is 9.88 Å². The lowest BCUT2D eigenvalue weighted by molar-refractivity contribution is -0.000215. The van der Waals surface area contributed by atoms with Gasteiger partial charge in [0.2, 0.25) is 0 Å². The van der Waals surface area contributed by atoms with E-state index in [-0.39, 0.29) is 11.7 Å². The number of morpholine rings is 1. The van der Waals surface area contributed by atoms with Crippen molar-refractivity contribution in [2.24, 2.45) is 0 Å². The van der Waals surface area contributed by atoms with E-state index in [0.717, 1.165) is 18.7 Å². The summed E-state index contributed by atoms with van der Waals surface area (Å²) in [5, 5.41) is 3.46. The zero-order valence-corrected chi connectivity index (χ0v) is 15.5. The molecule has 1 saturated heterocycles. The van der Waals surface area contributed by atoms with E-state index in [1.165, 1.54) is 16.7 Å². The van der Waals surface area contributed by atoms with Gasteiger partial charge in [0.15, 0.2) is 0 Å². The van der Waals surface area contributed by atoms with Gasteiger partial charge in [-0.1, -0.05) is 54.6 Å². The Labute approximate surface area is 159 Å². The molecule has 0 unspecified atom stereocenters. The van der Waals surface area contributed by atoms with Gasteiger partial charge >= 0.3 is 0 Å². The van der Waals surface area contributed by atoms with Crippen molar-refractivity contribution in [3.05, 3.63) is 94.4 Å². The summed E-state index contributed by atoms with van der Waals surface area (Å²) in [4.78, 5) is 11.8. The summed E-state index contributed by atoms with van der Waals surface area (Å²) < 4.78 is 7.62. The second kappa shape index (κ2) is 7.91. The zero-order chi connectivity index (χ0) is 18.6. The van der Waals surface area contributed by atoms with E-state index in [1.54, 1.807) is 16.7 Å². The van der Waals surface area contributed by atoms with Crippen LogP contribution in [-0.4, -0.2) is 23.8 Å². The van der Waals surface area contributed by atoms with Crippen molar-refractivity contribution in [3.8, 4) is 11.1 Å². The highest BCUT2D eigenvalue weighted by Crippen LogP contribution is 2.27. The fraction of sp³-hybridized carbons (Fsp3) is 0.261. The van der Waals surface area contributed by atoms with Crippen LogP contribution < -0.4 is 10.9 Å². The van der Waals surface area contributed by atoms with Crippen LogP contribution in [0.2, 0.25) is 0 Å². The predicted molar refractivity (Wildman–Crippen MR) is 108 cm³/mol. The van der Waals surface area contributed by atoms with Crippen LogP contribution in [0, 0.1) is 0 Å². The maximum absolute atomic E-state index is 11.8. The highest BCUT2D eigenvalue weighted by atomic mass is 16.5. The third-order valence-corrected chi connectivity index (χ3v) is 5.10. The molecule has 4 rings (SSSR count). The number of nitrogens with one attached hydrogen (secondary N) is 1. The molecule has 0 bridgehead atoms. The fourth-order valence-electron chi connectivity index (χ4n) is 3.56. The standard InChI is InChI=1S/C23H24N2O2/c1-17-23(27-15-13-24-17)21-11-9-20(10-12-21)19-7-5-18(6-8-19)16-25-14-3-2-4-22(25)26/h2-12,14,17,23-24H,13,15-16H2,1H3/t17-,23+/m0/s1.